The number of ether oxygens (including phenoxy) is 1. The van der Waals surface area contributed by atoms with Gasteiger partial charge < -0.3 is 4.74 Å². The molecule has 0 atom stereocenters. The largest absolute Gasteiger partial charge is 0.402 e. The number of hydrogen-bond donors (Lipinski definition) is 0. The molecular weight excluding hydrogens is 413 g/mol. The Hall–Kier alpha value is -1.88. The zero-order valence-corrected chi connectivity index (χ0v) is 15.3. The van der Waals surface area contributed by atoms with Gasteiger partial charge in [0.2, 0.25) is 5.90 Å². The minimum atomic E-state index is -0.533. The van der Waals surface area contributed by atoms with E-state index in [9.17, 15) is 4.79 Å². The molecule has 6 heteroatoms. The van der Waals surface area contributed by atoms with E-state index in [-0.39, 0.29) is 11.6 Å². The van der Waals surface area contributed by atoms with Crippen LogP contribution in [0, 0.1) is 0 Å². The van der Waals surface area contributed by atoms with Crippen molar-refractivity contribution in [1.29, 1.82) is 0 Å². The number of hydrogen-bond acceptors (Lipinski definition) is 3. The molecule has 1 heterocycles. The second-order valence-electron chi connectivity index (χ2n) is 4.90. The van der Waals surface area contributed by atoms with Gasteiger partial charge in [-0.1, -0.05) is 69.5 Å². The van der Waals surface area contributed by atoms with E-state index in [1.807, 2.05) is 36.4 Å². The predicted octanol–water partition coefficient (Wildman–Crippen LogP) is 5.62. The summed E-state index contributed by atoms with van der Waals surface area (Å²) in [7, 11) is 0. The van der Waals surface area contributed by atoms with E-state index in [0.717, 1.165) is 5.56 Å². The highest BCUT2D eigenvalue weighted by Crippen LogP contribution is 2.26. The number of cyclic esters (lactones) is 1. The van der Waals surface area contributed by atoms with Gasteiger partial charge in [0.25, 0.3) is 0 Å². The van der Waals surface area contributed by atoms with E-state index < -0.39 is 5.97 Å². The maximum absolute atomic E-state index is 12.0. The van der Waals surface area contributed by atoms with Crippen molar-refractivity contribution in [2.24, 2.45) is 4.99 Å². The fraction of sp³-hybridized carbons (Fsp3) is 0. The van der Waals surface area contributed by atoms with Gasteiger partial charge in [0, 0.05) is 9.51 Å². The van der Waals surface area contributed by atoms with Crippen molar-refractivity contribution in [3.8, 4) is 0 Å². The third-order valence-corrected chi connectivity index (χ3v) is 4.17. The molecule has 0 aliphatic carbocycles. The molecule has 3 rings (SSSR count). The zero-order valence-electron chi connectivity index (χ0n) is 12.2. The first-order valence-electron chi connectivity index (χ1n) is 6.93. The Labute approximate surface area is 157 Å². The molecule has 0 unspecified atom stereocenters. The number of rotatable bonds is 3. The number of allylic oxidation sites excluding steroid dienone is 2. The van der Waals surface area contributed by atoms with E-state index in [4.69, 9.17) is 27.9 Å². The molecule has 0 radical (unpaired) electrons. The van der Waals surface area contributed by atoms with Crippen LogP contribution >= 0.6 is 39.1 Å². The van der Waals surface area contributed by atoms with Crippen molar-refractivity contribution in [1.82, 2.24) is 0 Å². The van der Waals surface area contributed by atoms with Crippen LogP contribution in [0.3, 0.4) is 0 Å². The lowest BCUT2D eigenvalue weighted by Crippen LogP contribution is -2.05. The van der Waals surface area contributed by atoms with Crippen molar-refractivity contribution in [3.05, 3.63) is 86.0 Å². The van der Waals surface area contributed by atoms with Gasteiger partial charge in [0.05, 0.1) is 10.6 Å². The van der Waals surface area contributed by atoms with Gasteiger partial charge in [-0.15, -0.1) is 0 Å². The van der Waals surface area contributed by atoms with Crippen LogP contribution in [-0.4, -0.2) is 11.9 Å². The topological polar surface area (TPSA) is 38.7 Å². The lowest BCUT2D eigenvalue weighted by Gasteiger charge is -2.02. The summed E-state index contributed by atoms with van der Waals surface area (Å²) in [5.41, 5.74) is 1.70. The lowest BCUT2D eigenvalue weighted by molar-refractivity contribution is -0.130. The minimum Gasteiger partial charge on any atom is -0.402 e. The average Bonchev–Trinajstić information content (AvgIpc) is 2.88. The van der Waals surface area contributed by atoms with Gasteiger partial charge in [0.1, 0.15) is 0 Å². The normalized spacial score (nSPS) is 16.3. The van der Waals surface area contributed by atoms with Crippen LogP contribution in [-0.2, 0) is 9.53 Å². The Morgan fingerprint density at radius 2 is 1.88 bits per heavy atom. The molecule has 0 amide bonds. The van der Waals surface area contributed by atoms with Crippen molar-refractivity contribution < 1.29 is 9.53 Å². The molecule has 0 spiro atoms. The smallest absolute Gasteiger partial charge is 0.363 e. The Morgan fingerprint density at radius 3 is 2.58 bits per heavy atom. The Morgan fingerprint density at radius 1 is 1.12 bits per heavy atom. The van der Waals surface area contributed by atoms with E-state index in [2.05, 4.69) is 20.9 Å². The predicted molar refractivity (Wildman–Crippen MR) is 101 cm³/mol. The van der Waals surface area contributed by atoms with Crippen LogP contribution in [0.2, 0.25) is 10.0 Å². The summed E-state index contributed by atoms with van der Waals surface area (Å²) in [6, 6.07) is 14.6. The molecule has 1 aliphatic rings. The molecular formula is C18H10BrCl2NO2. The van der Waals surface area contributed by atoms with Gasteiger partial charge in [-0.05, 0) is 35.9 Å². The molecule has 3 nitrogen and oxygen atoms in total. The van der Waals surface area contributed by atoms with Gasteiger partial charge in [-0.25, -0.2) is 9.79 Å². The summed E-state index contributed by atoms with van der Waals surface area (Å²) < 4.78 is 5.90. The second kappa shape index (κ2) is 7.34. The molecule has 2 aromatic rings. The Kier molecular flexibility index (Phi) is 5.19. The number of carbonyl (C=O) groups is 1. The molecule has 1 aliphatic heterocycles. The highest BCUT2D eigenvalue weighted by Gasteiger charge is 2.25. The molecule has 120 valence electrons. The molecule has 0 aromatic heterocycles. The van der Waals surface area contributed by atoms with Gasteiger partial charge in [-0.3, -0.25) is 0 Å². The number of esters is 1. The summed E-state index contributed by atoms with van der Waals surface area (Å²) >= 11 is 15.4. The van der Waals surface area contributed by atoms with Crippen LogP contribution in [0.15, 0.2) is 69.8 Å². The first-order valence-corrected chi connectivity index (χ1v) is 8.48. The second-order valence-corrected chi connectivity index (χ2v) is 6.66. The fourth-order valence-electron chi connectivity index (χ4n) is 2.07. The van der Waals surface area contributed by atoms with E-state index in [1.165, 1.54) is 0 Å². The number of nitrogens with zero attached hydrogens (tertiary/aromatic N) is 1. The highest BCUT2D eigenvalue weighted by molar-refractivity contribution is 9.12. The van der Waals surface area contributed by atoms with Gasteiger partial charge in [-0.2, -0.15) is 0 Å². The minimum absolute atomic E-state index is 0.160. The third kappa shape index (κ3) is 3.96. The Bertz CT molecular complexity index is 889. The molecule has 0 N–H and O–H groups in total. The standard InChI is InChI=1S/C18H10BrCl2NO2/c19-12(8-11-4-2-1-3-5-11)9-16-18(23)24-17(22-16)14-7-6-13(20)10-15(14)21/h1-10H/b12-8-,16-9-. The molecule has 2 aromatic carbocycles. The summed E-state index contributed by atoms with van der Waals surface area (Å²) in [6.45, 7) is 0. The van der Waals surface area contributed by atoms with E-state index >= 15 is 0 Å². The molecule has 24 heavy (non-hydrogen) atoms. The molecule has 0 saturated carbocycles. The Balaban J connectivity index is 1.90. The van der Waals surface area contributed by atoms with Crippen LogP contribution in [0.1, 0.15) is 11.1 Å². The quantitative estimate of drug-likeness (QED) is 0.475. The maximum atomic E-state index is 12.0. The van der Waals surface area contributed by atoms with Crippen molar-refractivity contribution in [3.63, 3.8) is 0 Å². The van der Waals surface area contributed by atoms with Crippen LogP contribution in [0.25, 0.3) is 6.08 Å². The van der Waals surface area contributed by atoms with Crippen LogP contribution in [0.5, 0.6) is 0 Å². The summed E-state index contributed by atoms with van der Waals surface area (Å²) in [5, 5.41) is 0.868. The van der Waals surface area contributed by atoms with E-state index in [1.54, 1.807) is 24.3 Å². The summed E-state index contributed by atoms with van der Waals surface area (Å²) in [5.74, 6) is -0.373. The lowest BCUT2D eigenvalue weighted by atomic mass is 10.2. The number of benzene rings is 2. The first kappa shape index (κ1) is 17.0. The molecule has 0 saturated heterocycles. The third-order valence-electron chi connectivity index (χ3n) is 3.16. The number of halogens is 3. The monoisotopic (exact) mass is 421 g/mol. The van der Waals surface area contributed by atoms with Crippen molar-refractivity contribution in [2.75, 3.05) is 0 Å². The zero-order chi connectivity index (χ0) is 17.1. The van der Waals surface area contributed by atoms with Crippen molar-refractivity contribution in [2.45, 2.75) is 0 Å². The molecule has 0 fully saturated rings. The summed E-state index contributed by atoms with van der Waals surface area (Å²) in [6.07, 6.45) is 3.48. The first-order chi connectivity index (χ1) is 11.5. The SMILES string of the molecule is O=C1OC(c2ccc(Cl)cc2Cl)=N/C1=C\C(Br)=C\c1ccccc1. The van der Waals surface area contributed by atoms with Gasteiger partial charge in [0.15, 0.2) is 5.70 Å². The van der Waals surface area contributed by atoms with Crippen molar-refractivity contribution >= 4 is 57.1 Å². The molecule has 0 bridgehead atoms. The number of carbonyl (C=O) groups excluding carboxylic acids is 1. The summed E-state index contributed by atoms with van der Waals surface area (Å²) in [4.78, 5) is 16.2. The van der Waals surface area contributed by atoms with Crippen LogP contribution in [0.4, 0.5) is 0 Å². The number of aliphatic imine (C=N–C) groups is 1. The van der Waals surface area contributed by atoms with E-state index in [0.29, 0.717) is 20.1 Å². The fourth-order valence-corrected chi connectivity index (χ4v) is 3.04. The van der Waals surface area contributed by atoms with Gasteiger partial charge >= 0.3 is 5.97 Å². The highest BCUT2D eigenvalue weighted by atomic mass is 79.9. The van der Waals surface area contributed by atoms with Crippen LogP contribution < -0.4 is 0 Å². The maximum Gasteiger partial charge on any atom is 0.363 e. The average molecular weight is 423 g/mol.